The minimum Gasteiger partial charge on any atom is -0.376 e. The van der Waals surface area contributed by atoms with Gasteiger partial charge >= 0.3 is 5.69 Å². The Hall–Kier alpha value is -1.12. The maximum atomic E-state index is 13.8. The Labute approximate surface area is 139 Å². The van der Waals surface area contributed by atoms with Gasteiger partial charge in [-0.1, -0.05) is 33.8 Å². The van der Waals surface area contributed by atoms with Crippen molar-refractivity contribution in [3.8, 4) is 0 Å². The summed E-state index contributed by atoms with van der Waals surface area (Å²) in [5, 5.41) is 7.03. The van der Waals surface area contributed by atoms with Gasteiger partial charge in [-0.05, 0) is 30.5 Å². The van der Waals surface area contributed by atoms with Crippen LogP contribution in [0.5, 0.6) is 0 Å². The van der Waals surface area contributed by atoms with Crippen LogP contribution in [0.2, 0.25) is 0 Å². The third-order valence-electron chi connectivity index (χ3n) is 3.51. The van der Waals surface area contributed by atoms with E-state index in [2.05, 4.69) is 26.1 Å². The number of halogens is 2. The number of hydrogen-bond donors (Lipinski definition) is 1. The molecule has 1 atom stereocenters. The summed E-state index contributed by atoms with van der Waals surface area (Å²) in [6.45, 7) is 1.23. The molecule has 1 aromatic carbocycles. The van der Waals surface area contributed by atoms with Crippen molar-refractivity contribution < 1.29 is 9.13 Å². The second-order valence-corrected chi connectivity index (χ2v) is 6.94. The highest BCUT2D eigenvalue weighted by atomic mass is 79.9. The monoisotopic (exact) mass is 387 g/mol. The molecule has 0 spiro atoms. The van der Waals surface area contributed by atoms with Gasteiger partial charge in [0.2, 0.25) is 0 Å². The van der Waals surface area contributed by atoms with Crippen molar-refractivity contribution in [2.45, 2.75) is 36.4 Å². The second-order valence-electron chi connectivity index (χ2n) is 5.08. The average Bonchev–Trinajstić information content (AvgIpc) is 3.11. The molecule has 0 radical (unpaired) electrons. The van der Waals surface area contributed by atoms with E-state index in [1.807, 2.05) is 0 Å². The molecule has 2 aromatic rings. The van der Waals surface area contributed by atoms with E-state index < -0.39 is 0 Å². The Morgan fingerprint density at radius 2 is 2.41 bits per heavy atom. The minimum absolute atomic E-state index is 0.0547. The maximum absolute atomic E-state index is 13.8. The Kier molecular flexibility index (Phi) is 5.00. The zero-order valence-corrected chi connectivity index (χ0v) is 14.1. The van der Waals surface area contributed by atoms with Crippen molar-refractivity contribution in [1.82, 2.24) is 14.8 Å². The van der Waals surface area contributed by atoms with Crippen molar-refractivity contribution in [1.29, 1.82) is 0 Å². The fourth-order valence-electron chi connectivity index (χ4n) is 2.35. The van der Waals surface area contributed by atoms with Crippen LogP contribution in [-0.2, 0) is 17.0 Å². The SMILES string of the molecule is O=c1[nH]nc(SCc2ccc(Br)cc2F)n1C[C@H]1CCCO1. The summed E-state index contributed by atoms with van der Waals surface area (Å²) >= 11 is 4.57. The van der Waals surface area contributed by atoms with Crippen molar-refractivity contribution in [2.24, 2.45) is 0 Å². The van der Waals surface area contributed by atoms with Gasteiger partial charge in [0.1, 0.15) is 5.82 Å². The number of ether oxygens (including phenoxy) is 1. The molecule has 0 saturated carbocycles. The van der Waals surface area contributed by atoms with E-state index in [0.29, 0.717) is 27.5 Å². The van der Waals surface area contributed by atoms with E-state index >= 15 is 0 Å². The molecule has 0 amide bonds. The Morgan fingerprint density at radius 3 is 3.14 bits per heavy atom. The number of thioether (sulfide) groups is 1. The number of nitrogens with one attached hydrogen (secondary N) is 1. The first-order valence-corrected chi connectivity index (χ1v) is 8.75. The molecular weight excluding hydrogens is 373 g/mol. The van der Waals surface area contributed by atoms with E-state index in [-0.39, 0.29) is 17.6 Å². The normalized spacial score (nSPS) is 18.0. The zero-order chi connectivity index (χ0) is 15.5. The van der Waals surface area contributed by atoms with Crippen LogP contribution in [0.25, 0.3) is 0 Å². The van der Waals surface area contributed by atoms with Gasteiger partial charge in [-0.15, -0.1) is 5.10 Å². The minimum atomic E-state index is -0.273. The summed E-state index contributed by atoms with van der Waals surface area (Å²) < 4.78 is 21.7. The fourth-order valence-corrected chi connectivity index (χ4v) is 3.62. The van der Waals surface area contributed by atoms with E-state index in [0.717, 1.165) is 19.4 Å². The lowest BCUT2D eigenvalue weighted by Crippen LogP contribution is -2.24. The number of nitrogens with zero attached hydrogens (tertiary/aromatic N) is 2. The van der Waals surface area contributed by atoms with Crippen molar-refractivity contribution in [3.05, 3.63) is 44.5 Å². The quantitative estimate of drug-likeness (QED) is 0.801. The topological polar surface area (TPSA) is 59.9 Å². The van der Waals surface area contributed by atoms with Gasteiger partial charge in [0.25, 0.3) is 0 Å². The first kappa shape index (κ1) is 15.8. The second kappa shape index (κ2) is 6.97. The zero-order valence-electron chi connectivity index (χ0n) is 11.7. The Balaban J connectivity index is 1.71. The molecule has 118 valence electrons. The van der Waals surface area contributed by atoms with Crippen molar-refractivity contribution in [2.75, 3.05) is 6.61 Å². The van der Waals surface area contributed by atoms with Gasteiger partial charge < -0.3 is 4.74 Å². The van der Waals surface area contributed by atoms with Gasteiger partial charge in [-0.3, -0.25) is 4.57 Å². The van der Waals surface area contributed by atoms with Gasteiger partial charge in [0.15, 0.2) is 5.16 Å². The molecule has 8 heteroatoms. The summed E-state index contributed by atoms with van der Waals surface area (Å²) in [5.41, 5.74) is 0.321. The number of rotatable bonds is 5. The summed E-state index contributed by atoms with van der Waals surface area (Å²) in [5.74, 6) is 0.139. The number of H-pyrrole nitrogens is 1. The van der Waals surface area contributed by atoms with E-state index in [9.17, 15) is 9.18 Å². The molecule has 1 saturated heterocycles. The fraction of sp³-hybridized carbons (Fsp3) is 0.429. The van der Waals surface area contributed by atoms with Crippen LogP contribution in [0.1, 0.15) is 18.4 Å². The van der Waals surface area contributed by atoms with Crippen molar-refractivity contribution in [3.63, 3.8) is 0 Å². The molecule has 22 heavy (non-hydrogen) atoms. The largest absolute Gasteiger partial charge is 0.376 e. The molecule has 1 aliphatic heterocycles. The van der Waals surface area contributed by atoms with Crippen LogP contribution in [0, 0.1) is 5.82 Å². The molecule has 1 N–H and O–H groups in total. The average molecular weight is 388 g/mol. The highest BCUT2D eigenvalue weighted by Crippen LogP contribution is 2.24. The lowest BCUT2D eigenvalue weighted by Gasteiger charge is -2.11. The Morgan fingerprint density at radius 1 is 1.55 bits per heavy atom. The standard InChI is InChI=1S/C14H15BrFN3O2S/c15-10-4-3-9(12(16)6-10)8-22-14-18-17-13(20)19(14)7-11-2-1-5-21-11/h3-4,6,11H,1-2,5,7-8H2,(H,17,20)/t11-/m1/s1. The summed E-state index contributed by atoms with van der Waals surface area (Å²) in [4.78, 5) is 11.8. The number of benzene rings is 1. The third-order valence-corrected chi connectivity index (χ3v) is 5.02. The highest BCUT2D eigenvalue weighted by Gasteiger charge is 2.19. The summed E-state index contributed by atoms with van der Waals surface area (Å²) in [7, 11) is 0. The van der Waals surface area contributed by atoms with Gasteiger partial charge in [-0.25, -0.2) is 14.3 Å². The first-order chi connectivity index (χ1) is 10.6. The third kappa shape index (κ3) is 3.61. The van der Waals surface area contributed by atoms with E-state index in [1.54, 1.807) is 16.7 Å². The lowest BCUT2D eigenvalue weighted by molar-refractivity contribution is 0.0941. The number of hydrogen-bond acceptors (Lipinski definition) is 4. The van der Waals surface area contributed by atoms with Crippen LogP contribution < -0.4 is 5.69 Å². The smallest absolute Gasteiger partial charge is 0.344 e. The van der Waals surface area contributed by atoms with Crippen LogP contribution in [0.15, 0.2) is 32.6 Å². The van der Waals surface area contributed by atoms with Gasteiger partial charge in [0, 0.05) is 16.8 Å². The lowest BCUT2D eigenvalue weighted by atomic mass is 10.2. The molecule has 2 heterocycles. The van der Waals surface area contributed by atoms with Gasteiger partial charge in [-0.2, -0.15) is 0 Å². The van der Waals surface area contributed by atoms with Crippen LogP contribution in [0.4, 0.5) is 4.39 Å². The molecule has 3 rings (SSSR count). The Bertz CT molecular complexity index is 712. The van der Waals surface area contributed by atoms with E-state index in [1.165, 1.54) is 17.8 Å². The molecule has 0 bridgehead atoms. The molecule has 0 aliphatic carbocycles. The molecule has 5 nitrogen and oxygen atoms in total. The molecule has 0 unspecified atom stereocenters. The predicted octanol–water partition coefficient (Wildman–Crippen LogP) is 2.94. The molecule has 1 fully saturated rings. The van der Waals surface area contributed by atoms with Crippen LogP contribution in [0.3, 0.4) is 0 Å². The van der Waals surface area contributed by atoms with Crippen LogP contribution >= 0.6 is 27.7 Å². The highest BCUT2D eigenvalue weighted by molar-refractivity contribution is 9.10. The number of aromatic amines is 1. The molecular formula is C14H15BrFN3O2S. The maximum Gasteiger partial charge on any atom is 0.344 e. The molecule has 1 aromatic heterocycles. The predicted molar refractivity (Wildman–Crippen MR) is 85.5 cm³/mol. The van der Waals surface area contributed by atoms with Crippen LogP contribution in [-0.4, -0.2) is 27.5 Å². The van der Waals surface area contributed by atoms with Gasteiger partial charge in [0.05, 0.1) is 12.6 Å². The molecule has 1 aliphatic rings. The van der Waals surface area contributed by atoms with E-state index in [4.69, 9.17) is 4.74 Å². The first-order valence-electron chi connectivity index (χ1n) is 6.97. The van der Waals surface area contributed by atoms with Crippen molar-refractivity contribution >= 4 is 27.7 Å². The number of aromatic nitrogens is 3. The summed E-state index contributed by atoms with van der Waals surface area (Å²) in [6.07, 6.45) is 2.02. The summed E-state index contributed by atoms with van der Waals surface area (Å²) in [6, 6.07) is 4.95.